The van der Waals surface area contributed by atoms with Crippen LogP contribution < -0.4 is 27.4 Å². The van der Waals surface area contributed by atoms with Crippen molar-refractivity contribution < 1.29 is 41.1 Å². The highest BCUT2D eigenvalue weighted by molar-refractivity contribution is 5.67. The maximum atomic E-state index is 8.48. The highest BCUT2D eigenvalue weighted by Crippen LogP contribution is 2.30. The number of pyridine rings is 6. The molecule has 0 saturated heterocycles. The molecule has 0 aliphatic rings. The molecule has 12 aromatic rings. The fraction of sp³-hybridized carbons (Fsp3) is 0.283. The van der Waals surface area contributed by atoms with Gasteiger partial charge in [0.25, 0.3) is 0 Å². The smallest absolute Gasteiger partial charge is 0.201 e. The van der Waals surface area contributed by atoms with Gasteiger partial charge >= 0.3 is 0 Å². The minimum Gasteiger partial charge on any atom is -0.201 e. The van der Waals surface area contributed by atoms with Gasteiger partial charge in [-0.2, -0.15) is 0 Å². The summed E-state index contributed by atoms with van der Waals surface area (Å²) in [6.45, 7) is 17.8. The van der Waals surface area contributed by atoms with Crippen LogP contribution in [0.3, 0.4) is 0 Å². The molecule has 504 valence electrons. The predicted octanol–water partition coefficient (Wildman–Crippen LogP) is 19.5. The summed E-state index contributed by atoms with van der Waals surface area (Å²) in [6, 6.07) is 73.7. The van der Waals surface area contributed by atoms with Crippen molar-refractivity contribution in [3.63, 3.8) is 0 Å². The summed E-state index contributed by atoms with van der Waals surface area (Å²) in [7, 11) is 12.0. The molecule has 0 fully saturated rings. The molecule has 98 heavy (non-hydrogen) atoms. The molecule has 0 saturated carbocycles. The maximum absolute atomic E-state index is 8.48. The molecule has 6 aromatic heterocycles. The van der Waals surface area contributed by atoms with Crippen LogP contribution in [-0.2, 0) is 55.1 Å². The van der Waals surface area contributed by atoms with Crippen LogP contribution in [0.25, 0.3) is 67.5 Å². The van der Waals surface area contributed by atoms with E-state index in [1.807, 2.05) is 74.1 Å². The lowest BCUT2D eigenvalue weighted by Gasteiger charge is -2.11. The van der Waals surface area contributed by atoms with Gasteiger partial charge in [-0.05, 0) is 209 Å². The van der Waals surface area contributed by atoms with Gasteiger partial charge in [-0.3, -0.25) is 0 Å². The van der Waals surface area contributed by atoms with Crippen LogP contribution in [0.2, 0.25) is 0 Å². The van der Waals surface area contributed by atoms with Gasteiger partial charge in [0.1, 0.15) is 42.3 Å². The molecule has 0 aliphatic carbocycles. The second-order valence-corrected chi connectivity index (χ2v) is 26.4. The standard InChI is InChI=1S/C17H22N.2C16H20N.C15H18N.2C14H16N/c1-13(2)11-15-8-9-16(14(3)12-15)17-7-5-6-10-18(17)4;1-12(2)14-10-7-11-17(4)16(14)15-9-6-5-8-13(15)3;1-12(2)14-8-9-15(13(3)11-14)16-7-5-6-10-17(16)4;1-4-13-8-9-14(12(2)11-13)15-7-5-6-10-16(15)3;2*1-11-7-8-13(12(2)10-11)14-6-4-5-9-15(14)3/h5-10,12-13H,11H2,1-4H3;2*5-12H,1-4H3;5-11H,4H2,1-3H3;2*4-10H,1-3H3/q6*+1/i;1D3,2D3,12D;;;1D3;. The van der Waals surface area contributed by atoms with Crippen LogP contribution in [0.15, 0.2) is 256 Å². The fourth-order valence-corrected chi connectivity index (χ4v) is 12.2. The molecule has 6 heterocycles. The van der Waals surface area contributed by atoms with Crippen molar-refractivity contribution in [1.82, 2.24) is 0 Å². The second-order valence-electron chi connectivity index (χ2n) is 26.4. The minimum absolute atomic E-state index is 0.0261. The third-order valence-electron chi connectivity index (χ3n) is 17.7. The van der Waals surface area contributed by atoms with E-state index in [0.717, 1.165) is 35.2 Å². The van der Waals surface area contributed by atoms with Crippen LogP contribution in [0.5, 0.6) is 0 Å². The van der Waals surface area contributed by atoms with E-state index in [9.17, 15) is 0 Å². The Morgan fingerprint density at radius 1 is 0.337 bits per heavy atom. The highest BCUT2D eigenvalue weighted by atomic mass is 14.9. The number of aryl methyl sites for hydroxylation is 15. The molecule has 0 N–H and O–H groups in total. The van der Waals surface area contributed by atoms with E-state index in [2.05, 4.69) is 280 Å². The lowest BCUT2D eigenvalue weighted by molar-refractivity contribution is -0.660. The van der Waals surface area contributed by atoms with Gasteiger partial charge < -0.3 is 0 Å². The van der Waals surface area contributed by atoms with E-state index in [0.29, 0.717) is 28.7 Å². The zero-order chi connectivity index (χ0) is 79.6. The van der Waals surface area contributed by atoms with E-state index >= 15 is 0 Å². The molecule has 12 rings (SSSR count). The number of aromatic nitrogens is 6. The third-order valence-corrected chi connectivity index (χ3v) is 17.7. The first-order valence-electron chi connectivity index (χ1n) is 39.2. The largest absolute Gasteiger partial charge is 0.215 e. The van der Waals surface area contributed by atoms with E-state index < -0.39 is 26.4 Å². The maximum Gasteiger partial charge on any atom is 0.215 e. The Balaban J connectivity index is 0.000000182. The zero-order valence-corrected chi connectivity index (χ0v) is 61.5. The normalized spacial score (nSPS) is 12.7. The summed E-state index contributed by atoms with van der Waals surface area (Å²) in [6.07, 6.45) is 14.3. The van der Waals surface area contributed by atoms with Crippen molar-refractivity contribution in [3.8, 4) is 67.5 Å². The second kappa shape index (κ2) is 36.5. The fourth-order valence-electron chi connectivity index (χ4n) is 12.2. The minimum atomic E-state index is -3.01. The van der Waals surface area contributed by atoms with Crippen molar-refractivity contribution >= 4 is 0 Å². The van der Waals surface area contributed by atoms with Gasteiger partial charge in [-0.15, -0.1) is 0 Å². The SMILES string of the molecule is CCc1ccc(-c2cccc[n+]2C)c(C)c1.Cc1cc(C(C)C)ccc1-c1cccc[n+]1C.Cc1cc(CC(C)C)ccc1-c1cccc[n+]1C.Cc1ccc(-c2cccc[n+]2C)c(C)c1.[2H]C([2H])([2H])C([2H])(c1ccc[n+](C)c1-c1ccccc1C)C([2H])([2H])[2H].[2H]C([2H])([2H])c1ccc(-c2cccc[n+]2C)c(C)c1. The Morgan fingerprint density at radius 2 is 0.704 bits per heavy atom. The quantitative estimate of drug-likeness (QED) is 0.115. The van der Waals surface area contributed by atoms with E-state index in [1.54, 1.807) is 48.1 Å². The summed E-state index contributed by atoms with van der Waals surface area (Å²) in [5.74, 6) is -1.42. The molecule has 0 unspecified atom stereocenters. The first kappa shape index (κ1) is 61.8. The molecule has 6 aromatic carbocycles. The van der Waals surface area contributed by atoms with Gasteiger partial charge in [0.05, 0.1) is 0 Å². The van der Waals surface area contributed by atoms with E-state index in [-0.39, 0.29) is 5.56 Å². The highest BCUT2D eigenvalue weighted by Gasteiger charge is 2.20. The van der Waals surface area contributed by atoms with Crippen molar-refractivity contribution in [1.29, 1.82) is 0 Å². The van der Waals surface area contributed by atoms with Crippen molar-refractivity contribution in [2.75, 3.05) is 0 Å². The Bertz CT molecular complexity index is 4980. The van der Waals surface area contributed by atoms with E-state index in [1.165, 1.54) is 95.6 Å². The van der Waals surface area contributed by atoms with Crippen LogP contribution in [0, 0.1) is 61.2 Å². The van der Waals surface area contributed by atoms with Gasteiger partial charge in [0.15, 0.2) is 37.2 Å². The van der Waals surface area contributed by atoms with Crippen LogP contribution >= 0.6 is 0 Å². The lowest BCUT2D eigenvalue weighted by atomic mass is 9.94. The van der Waals surface area contributed by atoms with Crippen molar-refractivity contribution in [2.45, 2.75) is 128 Å². The molecular formula is C92H112N6+6. The summed E-state index contributed by atoms with van der Waals surface area (Å²) >= 11 is 0. The number of rotatable bonds is 11. The number of nitrogens with zero attached hydrogens (tertiary/aromatic N) is 6. The number of benzene rings is 6. The van der Waals surface area contributed by atoms with Gasteiger partial charge in [-0.1, -0.05) is 138 Å². The summed E-state index contributed by atoms with van der Waals surface area (Å²) < 4.78 is 89.5. The Morgan fingerprint density at radius 3 is 1.08 bits per heavy atom. The van der Waals surface area contributed by atoms with E-state index in [4.69, 9.17) is 13.7 Å². The number of hydrogen-bond donors (Lipinski definition) is 0. The predicted molar refractivity (Wildman–Crippen MR) is 412 cm³/mol. The number of hydrogen-bond acceptors (Lipinski definition) is 0. The Labute approximate surface area is 604 Å². The monoisotopic (exact) mass is 1310 g/mol. The van der Waals surface area contributed by atoms with Crippen LogP contribution in [0.1, 0.15) is 141 Å². The third kappa shape index (κ3) is 20.9. The topological polar surface area (TPSA) is 23.3 Å². The van der Waals surface area contributed by atoms with Crippen LogP contribution in [-0.4, -0.2) is 0 Å². The molecular weight excluding hydrogens is 1190 g/mol. The summed E-state index contributed by atoms with van der Waals surface area (Å²) in [5.41, 5.74) is 26.8. The Hall–Kier alpha value is -9.78. The van der Waals surface area contributed by atoms with Crippen LogP contribution in [0.4, 0.5) is 0 Å². The zero-order valence-electron chi connectivity index (χ0n) is 71.5. The lowest BCUT2D eigenvalue weighted by Crippen LogP contribution is -2.32. The average Bonchev–Trinajstić information content (AvgIpc) is 0.728. The molecule has 0 aliphatic heterocycles. The summed E-state index contributed by atoms with van der Waals surface area (Å²) in [4.78, 5) is 0. The average molecular weight is 1310 g/mol. The summed E-state index contributed by atoms with van der Waals surface area (Å²) in [5, 5.41) is 0. The molecule has 0 radical (unpaired) electrons. The molecule has 0 atom stereocenters. The molecule has 0 spiro atoms. The molecule has 6 heteroatoms. The molecule has 6 nitrogen and oxygen atoms in total. The van der Waals surface area contributed by atoms with Gasteiger partial charge in [-0.25, -0.2) is 27.4 Å². The molecule has 0 bridgehead atoms. The van der Waals surface area contributed by atoms with Crippen molar-refractivity contribution in [2.24, 2.45) is 48.2 Å². The van der Waals surface area contributed by atoms with Crippen molar-refractivity contribution in [3.05, 3.63) is 322 Å². The van der Waals surface area contributed by atoms with Gasteiger partial charge in [0.2, 0.25) is 34.2 Å². The first-order chi connectivity index (χ1) is 50.9. The van der Waals surface area contributed by atoms with Gasteiger partial charge in [0, 0.05) is 119 Å². The first-order valence-corrected chi connectivity index (χ1v) is 34.2. The Kier molecular flexibility index (Phi) is 23.0. The molecule has 0 amide bonds.